The largest absolute Gasteiger partial charge is 0.373 e. The summed E-state index contributed by atoms with van der Waals surface area (Å²) in [5.41, 5.74) is 3.90. The van der Waals surface area contributed by atoms with Crippen LogP contribution in [0.2, 0.25) is 5.02 Å². The molecule has 7 heteroatoms. The SMILES string of the molecule is Cc1nn(Cc2ccccc2Cl)c(C)c1/C=C/C(=O)NCCCN1CC(C)OC(C)C1. The average molecular weight is 445 g/mol. The third kappa shape index (κ3) is 6.66. The zero-order valence-corrected chi connectivity index (χ0v) is 19.7. The third-order valence-corrected chi connectivity index (χ3v) is 5.93. The molecule has 3 rings (SSSR count). The van der Waals surface area contributed by atoms with E-state index in [0.717, 1.165) is 53.6 Å². The molecule has 2 aromatic rings. The second-order valence-electron chi connectivity index (χ2n) is 8.33. The predicted octanol–water partition coefficient (Wildman–Crippen LogP) is 3.83. The molecule has 1 aromatic carbocycles. The number of carbonyl (C=O) groups excluding carboxylic acids is 1. The molecule has 1 amide bonds. The number of aryl methyl sites for hydroxylation is 1. The Hall–Kier alpha value is -2.15. The Morgan fingerprint density at radius 3 is 2.68 bits per heavy atom. The second kappa shape index (κ2) is 10.9. The van der Waals surface area contributed by atoms with Gasteiger partial charge in [0.1, 0.15) is 0 Å². The van der Waals surface area contributed by atoms with Crippen LogP contribution in [0.15, 0.2) is 30.3 Å². The van der Waals surface area contributed by atoms with Crippen LogP contribution in [-0.4, -0.2) is 59.0 Å². The molecule has 0 bridgehead atoms. The highest BCUT2D eigenvalue weighted by atomic mass is 35.5. The smallest absolute Gasteiger partial charge is 0.244 e. The molecule has 1 fully saturated rings. The lowest BCUT2D eigenvalue weighted by atomic mass is 10.1. The molecule has 1 N–H and O–H groups in total. The first kappa shape index (κ1) is 23.5. The maximum absolute atomic E-state index is 12.3. The number of hydrogen-bond donors (Lipinski definition) is 1. The summed E-state index contributed by atoms with van der Waals surface area (Å²) < 4.78 is 7.69. The minimum atomic E-state index is -0.0821. The standard InChI is InChI=1S/C24H33ClN4O2/c1-17-14-28(15-18(2)31-17)13-7-12-26-24(30)11-10-22-19(3)27-29(20(22)4)16-21-8-5-6-9-23(21)25/h5-6,8-11,17-18H,7,12-16H2,1-4H3,(H,26,30)/b11-10+. The number of carbonyl (C=O) groups is 1. The summed E-state index contributed by atoms with van der Waals surface area (Å²) in [6.07, 6.45) is 4.91. The number of aromatic nitrogens is 2. The number of halogens is 1. The Morgan fingerprint density at radius 2 is 1.97 bits per heavy atom. The van der Waals surface area contributed by atoms with Crippen LogP contribution in [0.4, 0.5) is 0 Å². The molecule has 0 radical (unpaired) electrons. The van der Waals surface area contributed by atoms with Gasteiger partial charge < -0.3 is 10.1 Å². The Kier molecular flexibility index (Phi) is 8.29. The third-order valence-electron chi connectivity index (χ3n) is 5.56. The first-order valence-electron chi connectivity index (χ1n) is 10.9. The van der Waals surface area contributed by atoms with E-state index in [9.17, 15) is 4.79 Å². The normalized spacial score (nSPS) is 19.8. The Labute approximate surface area is 190 Å². The van der Waals surface area contributed by atoms with Crippen molar-refractivity contribution in [3.05, 3.63) is 57.9 Å². The van der Waals surface area contributed by atoms with E-state index in [1.807, 2.05) is 48.9 Å². The topological polar surface area (TPSA) is 59.4 Å². The maximum atomic E-state index is 12.3. The summed E-state index contributed by atoms with van der Waals surface area (Å²) in [7, 11) is 0. The van der Waals surface area contributed by atoms with Crippen LogP contribution in [0.1, 0.15) is 42.8 Å². The lowest BCUT2D eigenvalue weighted by Crippen LogP contribution is -2.46. The molecule has 1 aliphatic heterocycles. The number of hydrogen-bond acceptors (Lipinski definition) is 4. The van der Waals surface area contributed by atoms with Crippen LogP contribution in [0, 0.1) is 13.8 Å². The first-order chi connectivity index (χ1) is 14.8. The number of benzene rings is 1. The van der Waals surface area contributed by atoms with E-state index in [4.69, 9.17) is 16.3 Å². The minimum Gasteiger partial charge on any atom is -0.373 e. The van der Waals surface area contributed by atoms with E-state index < -0.39 is 0 Å². The Bertz CT molecular complexity index is 914. The average Bonchev–Trinajstić information content (AvgIpc) is 2.97. The highest BCUT2D eigenvalue weighted by Crippen LogP contribution is 2.20. The molecule has 0 spiro atoms. The monoisotopic (exact) mass is 444 g/mol. The minimum absolute atomic E-state index is 0.0821. The van der Waals surface area contributed by atoms with Crippen LogP contribution in [-0.2, 0) is 16.1 Å². The highest BCUT2D eigenvalue weighted by Gasteiger charge is 2.21. The van der Waals surface area contributed by atoms with Crippen LogP contribution >= 0.6 is 11.6 Å². The highest BCUT2D eigenvalue weighted by molar-refractivity contribution is 6.31. The van der Waals surface area contributed by atoms with Crippen molar-refractivity contribution in [2.75, 3.05) is 26.2 Å². The van der Waals surface area contributed by atoms with Gasteiger partial charge in [-0.05, 0) is 51.8 Å². The van der Waals surface area contributed by atoms with Crippen molar-refractivity contribution in [2.45, 2.75) is 52.9 Å². The zero-order valence-electron chi connectivity index (χ0n) is 18.9. The number of amides is 1. The lowest BCUT2D eigenvalue weighted by Gasteiger charge is -2.35. The van der Waals surface area contributed by atoms with Crippen molar-refractivity contribution in [3.8, 4) is 0 Å². The molecule has 2 heterocycles. The van der Waals surface area contributed by atoms with Crippen LogP contribution < -0.4 is 5.32 Å². The summed E-state index contributed by atoms with van der Waals surface area (Å²) in [5.74, 6) is -0.0821. The quantitative estimate of drug-likeness (QED) is 0.496. The summed E-state index contributed by atoms with van der Waals surface area (Å²) in [5, 5.41) is 8.33. The van der Waals surface area contributed by atoms with Gasteiger partial charge in [-0.25, -0.2) is 0 Å². The van der Waals surface area contributed by atoms with Gasteiger partial charge in [0, 0.05) is 48.5 Å². The van der Waals surface area contributed by atoms with E-state index in [1.165, 1.54) is 0 Å². The number of nitrogens with zero attached hydrogens (tertiary/aromatic N) is 3. The fourth-order valence-electron chi connectivity index (χ4n) is 4.09. The molecule has 2 atom stereocenters. The summed E-state index contributed by atoms with van der Waals surface area (Å²) in [6, 6.07) is 7.77. The van der Waals surface area contributed by atoms with Gasteiger partial charge in [-0.1, -0.05) is 29.8 Å². The van der Waals surface area contributed by atoms with Crippen molar-refractivity contribution >= 4 is 23.6 Å². The van der Waals surface area contributed by atoms with Crippen molar-refractivity contribution < 1.29 is 9.53 Å². The Balaban J connectivity index is 1.49. The van der Waals surface area contributed by atoms with Gasteiger partial charge in [0.25, 0.3) is 0 Å². The van der Waals surface area contributed by atoms with Crippen LogP contribution in [0.5, 0.6) is 0 Å². The van der Waals surface area contributed by atoms with E-state index in [2.05, 4.69) is 29.2 Å². The molecule has 1 aliphatic rings. The molecular weight excluding hydrogens is 412 g/mol. The number of ether oxygens (including phenoxy) is 1. The van der Waals surface area contributed by atoms with Gasteiger partial charge >= 0.3 is 0 Å². The second-order valence-corrected chi connectivity index (χ2v) is 8.74. The molecule has 1 saturated heterocycles. The lowest BCUT2D eigenvalue weighted by molar-refractivity contribution is -0.116. The first-order valence-corrected chi connectivity index (χ1v) is 11.3. The van der Waals surface area contributed by atoms with Gasteiger partial charge in [-0.3, -0.25) is 14.4 Å². The molecule has 2 unspecified atom stereocenters. The molecule has 6 nitrogen and oxygen atoms in total. The van der Waals surface area contributed by atoms with Gasteiger partial charge in [0.2, 0.25) is 5.91 Å². The number of morpholine rings is 1. The molecular formula is C24H33ClN4O2. The van der Waals surface area contributed by atoms with Crippen molar-refractivity contribution in [1.29, 1.82) is 0 Å². The van der Waals surface area contributed by atoms with E-state index in [-0.39, 0.29) is 18.1 Å². The van der Waals surface area contributed by atoms with Crippen molar-refractivity contribution in [2.24, 2.45) is 0 Å². The van der Waals surface area contributed by atoms with Gasteiger partial charge in [0.05, 0.1) is 24.4 Å². The van der Waals surface area contributed by atoms with Gasteiger partial charge in [-0.2, -0.15) is 5.10 Å². The fraction of sp³-hybridized carbons (Fsp3) is 0.500. The Morgan fingerprint density at radius 1 is 1.26 bits per heavy atom. The summed E-state index contributed by atoms with van der Waals surface area (Å²) in [4.78, 5) is 14.7. The van der Waals surface area contributed by atoms with E-state index in [0.29, 0.717) is 13.1 Å². The maximum Gasteiger partial charge on any atom is 0.244 e. The molecule has 0 saturated carbocycles. The molecule has 0 aliphatic carbocycles. The molecule has 1 aromatic heterocycles. The van der Waals surface area contributed by atoms with Crippen molar-refractivity contribution in [1.82, 2.24) is 20.0 Å². The fourth-order valence-corrected chi connectivity index (χ4v) is 4.29. The molecule has 31 heavy (non-hydrogen) atoms. The van der Waals surface area contributed by atoms with Gasteiger partial charge in [-0.15, -0.1) is 0 Å². The van der Waals surface area contributed by atoms with E-state index in [1.54, 1.807) is 6.08 Å². The summed E-state index contributed by atoms with van der Waals surface area (Å²) >= 11 is 6.28. The van der Waals surface area contributed by atoms with Crippen molar-refractivity contribution in [3.63, 3.8) is 0 Å². The number of rotatable bonds is 8. The molecule has 168 valence electrons. The zero-order chi connectivity index (χ0) is 22.4. The van der Waals surface area contributed by atoms with Crippen LogP contribution in [0.3, 0.4) is 0 Å². The predicted molar refractivity (Wildman–Crippen MR) is 125 cm³/mol. The van der Waals surface area contributed by atoms with Crippen LogP contribution in [0.25, 0.3) is 6.08 Å². The number of nitrogens with one attached hydrogen (secondary N) is 1. The summed E-state index contributed by atoms with van der Waals surface area (Å²) in [6.45, 7) is 12.3. The van der Waals surface area contributed by atoms with E-state index >= 15 is 0 Å². The van der Waals surface area contributed by atoms with Gasteiger partial charge in [0.15, 0.2) is 0 Å².